The molecule has 0 aromatic rings. The minimum atomic E-state index is -1.39. The van der Waals surface area contributed by atoms with Gasteiger partial charge < -0.3 is 25.6 Å². The lowest BCUT2D eigenvalue weighted by atomic mass is 10.0. The number of carbonyl (C=O) groups is 4. The summed E-state index contributed by atoms with van der Waals surface area (Å²) in [6, 6.07) is -1.39. The summed E-state index contributed by atoms with van der Waals surface area (Å²) >= 11 is 0. The van der Waals surface area contributed by atoms with Crippen molar-refractivity contribution in [3.8, 4) is 0 Å². The zero-order valence-electron chi connectivity index (χ0n) is 35.1. The molecule has 0 heterocycles. The molecule has 0 aromatic carbocycles. The van der Waals surface area contributed by atoms with E-state index in [2.05, 4.69) is 97.4 Å². The molecule has 0 saturated heterocycles. The fraction of sp³-hybridized carbons (Fsp3) is 0.660. The number of unbranched alkanes of at least 4 members (excludes halogenated alkanes) is 12. The number of rotatable bonds is 38. The summed E-state index contributed by atoms with van der Waals surface area (Å²) in [5.41, 5.74) is 0. The van der Waals surface area contributed by atoms with E-state index >= 15 is 0 Å². The zero-order chi connectivity index (χ0) is 41.2. The zero-order valence-corrected chi connectivity index (χ0v) is 35.1. The smallest absolute Gasteiger partial charge is 0.328 e. The lowest BCUT2D eigenvalue weighted by molar-refractivity contribution is -0.150. The molecule has 0 radical (unpaired) electrons. The van der Waals surface area contributed by atoms with Crippen LogP contribution in [0.4, 0.5) is 0 Å². The van der Waals surface area contributed by atoms with Crippen LogP contribution in [0.2, 0.25) is 0 Å². The molecule has 0 fully saturated rings. The second-order valence-corrected chi connectivity index (χ2v) is 14.4. The minimum absolute atomic E-state index is 0.0969. The molecule has 0 aliphatic heterocycles. The van der Waals surface area contributed by atoms with Gasteiger partial charge in [0.2, 0.25) is 11.8 Å². The van der Waals surface area contributed by atoms with Gasteiger partial charge in [-0.3, -0.25) is 14.4 Å². The normalized spacial score (nSPS) is 13.2. The van der Waals surface area contributed by atoms with Crippen molar-refractivity contribution in [2.24, 2.45) is 0 Å². The van der Waals surface area contributed by atoms with Crippen molar-refractivity contribution in [3.05, 3.63) is 72.9 Å². The molecule has 0 aliphatic carbocycles. The lowest BCUT2D eigenvalue weighted by Crippen LogP contribution is -2.47. The standard InChI is InChI=1S/C47H78N2O7/c1-3-5-7-9-11-13-15-17-18-20-22-24-26-31-35-39-46(53)56-42(36-32-28-25-23-21-19-16-14-12-10-8-6-4-2)37-33-29-27-30-34-38-44(51)48-40-45(52)49-43(41-50)47(54)55/h6,8,11-14,17-19,21,25,28,42-43,50H,3-5,7,9-10,15-16,20,22-24,26-27,29-41H2,1-2H3,(H,48,51)(H,49,52)(H,54,55)/b8-6-,13-11-,14-12-,18-17-,21-19-,28-25-. The number of ether oxygens (including phenoxy) is 1. The van der Waals surface area contributed by atoms with E-state index in [1.54, 1.807) is 0 Å². The molecule has 56 heavy (non-hydrogen) atoms. The van der Waals surface area contributed by atoms with Crippen LogP contribution in [0, 0.1) is 0 Å². The van der Waals surface area contributed by atoms with E-state index in [4.69, 9.17) is 14.9 Å². The molecule has 0 aliphatic rings. The van der Waals surface area contributed by atoms with Gasteiger partial charge in [0.15, 0.2) is 0 Å². The molecule has 0 spiro atoms. The third-order valence-electron chi connectivity index (χ3n) is 9.20. The Kier molecular flexibility index (Phi) is 38.2. The number of aliphatic hydroxyl groups excluding tert-OH is 1. The molecule has 0 aromatic heterocycles. The van der Waals surface area contributed by atoms with E-state index in [1.807, 2.05) is 0 Å². The Morgan fingerprint density at radius 3 is 1.62 bits per heavy atom. The van der Waals surface area contributed by atoms with Crippen LogP contribution in [0.15, 0.2) is 72.9 Å². The Labute approximate surface area is 340 Å². The molecule has 0 bridgehead atoms. The van der Waals surface area contributed by atoms with Gasteiger partial charge in [-0.15, -0.1) is 0 Å². The van der Waals surface area contributed by atoms with E-state index < -0.39 is 24.5 Å². The van der Waals surface area contributed by atoms with E-state index in [0.29, 0.717) is 12.8 Å². The Hall–Kier alpha value is -3.72. The Morgan fingerprint density at radius 1 is 0.554 bits per heavy atom. The summed E-state index contributed by atoms with van der Waals surface area (Å²) in [6.07, 6.45) is 50.7. The van der Waals surface area contributed by atoms with Crippen molar-refractivity contribution in [1.82, 2.24) is 10.6 Å². The van der Waals surface area contributed by atoms with E-state index in [-0.39, 0.29) is 30.9 Å². The summed E-state index contributed by atoms with van der Waals surface area (Å²) in [5, 5.41) is 22.5. The number of aliphatic hydroxyl groups is 1. The second kappa shape index (κ2) is 40.9. The monoisotopic (exact) mass is 783 g/mol. The van der Waals surface area contributed by atoms with Gasteiger partial charge in [-0.25, -0.2) is 4.79 Å². The van der Waals surface area contributed by atoms with Gasteiger partial charge in [-0.2, -0.15) is 0 Å². The van der Waals surface area contributed by atoms with Gasteiger partial charge >= 0.3 is 11.9 Å². The number of carboxylic acid groups (broad SMARTS) is 1. The van der Waals surface area contributed by atoms with E-state index in [1.165, 1.54) is 38.5 Å². The molecule has 318 valence electrons. The molecule has 9 nitrogen and oxygen atoms in total. The molecular formula is C47H78N2O7. The van der Waals surface area contributed by atoms with Gasteiger partial charge in [0.1, 0.15) is 12.1 Å². The average molecular weight is 783 g/mol. The number of carbonyl (C=O) groups excluding carboxylic acids is 3. The number of amides is 2. The predicted octanol–water partition coefficient (Wildman–Crippen LogP) is 10.7. The van der Waals surface area contributed by atoms with Gasteiger partial charge in [0, 0.05) is 12.8 Å². The SMILES string of the molecule is CC/C=C\C/C=C\C/C=C\C/C=C\CCC(CCCCCCCC(=O)NCC(=O)NC(CO)C(=O)O)OC(=O)CCCCCCC/C=C\C/C=C\CCCCC. The Balaban J connectivity index is 4.47. The van der Waals surface area contributed by atoms with Gasteiger partial charge in [-0.1, -0.05) is 138 Å². The molecule has 9 heteroatoms. The first-order valence-corrected chi connectivity index (χ1v) is 21.8. The number of aliphatic carboxylic acids is 1. The number of carboxylic acids is 1. The van der Waals surface area contributed by atoms with Crippen LogP contribution in [-0.2, 0) is 23.9 Å². The van der Waals surface area contributed by atoms with Crippen molar-refractivity contribution in [1.29, 1.82) is 0 Å². The summed E-state index contributed by atoms with van der Waals surface area (Å²) in [5.74, 6) is -2.37. The van der Waals surface area contributed by atoms with Crippen LogP contribution in [-0.4, -0.2) is 59.3 Å². The number of allylic oxidation sites excluding steroid dienone is 12. The third kappa shape index (κ3) is 37.2. The Morgan fingerprint density at radius 2 is 1.05 bits per heavy atom. The van der Waals surface area contributed by atoms with Crippen molar-refractivity contribution in [2.75, 3.05) is 13.2 Å². The maximum atomic E-state index is 12.8. The first-order valence-electron chi connectivity index (χ1n) is 21.8. The van der Waals surface area contributed by atoms with Crippen LogP contribution in [0.25, 0.3) is 0 Å². The fourth-order valence-corrected chi connectivity index (χ4v) is 5.85. The number of hydrogen-bond acceptors (Lipinski definition) is 6. The number of nitrogens with one attached hydrogen (secondary N) is 2. The largest absolute Gasteiger partial charge is 0.480 e. The fourth-order valence-electron chi connectivity index (χ4n) is 5.85. The second-order valence-electron chi connectivity index (χ2n) is 14.4. The number of hydrogen-bond donors (Lipinski definition) is 4. The molecule has 2 atom stereocenters. The summed E-state index contributed by atoms with van der Waals surface area (Å²) in [6.45, 7) is 3.32. The summed E-state index contributed by atoms with van der Waals surface area (Å²) in [4.78, 5) is 47.6. The van der Waals surface area contributed by atoms with Gasteiger partial charge in [0.05, 0.1) is 13.2 Å². The van der Waals surface area contributed by atoms with Gasteiger partial charge in [0.25, 0.3) is 0 Å². The molecule has 4 N–H and O–H groups in total. The highest BCUT2D eigenvalue weighted by atomic mass is 16.5. The maximum absolute atomic E-state index is 12.8. The predicted molar refractivity (Wildman–Crippen MR) is 231 cm³/mol. The first kappa shape index (κ1) is 52.3. The summed E-state index contributed by atoms with van der Waals surface area (Å²) < 4.78 is 5.98. The van der Waals surface area contributed by atoms with E-state index in [9.17, 15) is 19.2 Å². The molecule has 2 unspecified atom stereocenters. The minimum Gasteiger partial charge on any atom is -0.480 e. The molecular weight excluding hydrogens is 705 g/mol. The van der Waals surface area contributed by atoms with Crippen molar-refractivity contribution < 1.29 is 34.1 Å². The topological polar surface area (TPSA) is 142 Å². The van der Waals surface area contributed by atoms with Crippen LogP contribution in [0.1, 0.15) is 174 Å². The maximum Gasteiger partial charge on any atom is 0.328 e. The van der Waals surface area contributed by atoms with Crippen LogP contribution in [0.3, 0.4) is 0 Å². The molecule has 0 saturated carbocycles. The van der Waals surface area contributed by atoms with Crippen molar-refractivity contribution in [2.45, 2.75) is 187 Å². The molecule has 2 amide bonds. The van der Waals surface area contributed by atoms with Crippen LogP contribution >= 0.6 is 0 Å². The number of esters is 1. The highest BCUT2D eigenvalue weighted by molar-refractivity contribution is 5.87. The third-order valence-corrected chi connectivity index (χ3v) is 9.20. The highest BCUT2D eigenvalue weighted by Crippen LogP contribution is 2.17. The Bertz CT molecular complexity index is 1170. The first-order chi connectivity index (χ1) is 27.3. The quantitative estimate of drug-likeness (QED) is 0.0277. The van der Waals surface area contributed by atoms with E-state index in [0.717, 1.165) is 103 Å². The summed E-state index contributed by atoms with van der Waals surface area (Å²) in [7, 11) is 0. The lowest BCUT2D eigenvalue weighted by Gasteiger charge is -2.17. The van der Waals surface area contributed by atoms with Crippen molar-refractivity contribution in [3.63, 3.8) is 0 Å². The van der Waals surface area contributed by atoms with Crippen LogP contribution in [0.5, 0.6) is 0 Å². The van der Waals surface area contributed by atoms with Gasteiger partial charge in [-0.05, 0) is 96.3 Å². The average Bonchev–Trinajstić information content (AvgIpc) is 3.18. The molecule has 0 rings (SSSR count). The highest BCUT2D eigenvalue weighted by Gasteiger charge is 2.19. The van der Waals surface area contributed by atoms with Crippen LogP contribution < -0.4 is 10.6 Å². The van der Waals surface area contributed by atoms with Crippen molar-refractivity contribution >= 4 is 23.8 Å².